The minimum Gasteiger partial charge on any atom is -0.497 e. The van der Waals surface area contributed by atoms with Gasteiger partial charge in [-0.1, -0.05) is 6.07 Å². The quantitative estimate of drug-likeness (QED) is 0.520. The maximum atomic E-state index is 13.5. The van der Waals surface area contributed by atoms with Crippen molar-refractivity contribution in [3.8, 4) is 5.75 Å². The van der Waals surface area contributed by atoms with E-state index >= 15 is 0 Å². The van der Waals surface area contributed by atoms with Crippen LogP contribution in [0.2, 0.25) is 0 Å². The number of carbonyl (C=O) groups excluding carboxylic acids is 1. The summed E-state index contributed by atoms with van der Waals surface area (Å²) in [5.74, 6) is -0.0338. The summed E-state index contributed by atoms with van der Waals surface area (Å²) in [5, 5.41) is 5.67. The van der Waals surface area contributed by atoms with Crippen LogP contribution in [-0.2, 0) is 0 Å². The standard InChI is InChI=1S/C21H20FN5O2/c1-13-11-14(2)24-20(23-13)27-21(25-17-7-9-18(29-3)10-8-17)26-19(28)15-5-4-6-16(22)12-15/h4-12H,1-3H3,(H2,23,24,25,26,27,28). The van der Waals surface area contributed by atoms with Gasteiger partial charge in [-0.3, -0.25) is 10.1 Å². The number of aromatic nitrogens is 2. The molecule has 0 saturated heterocycles. The Balaban J connectivity index is 1.91. The van der Waals surface area contributed by atoms with Crippen molar-refractivity contribution in [1.29, 1.82) is 0 Å². The number of methoxy groups -OCH3 is 1. The third kappa shape index (κ3) is 5.58. The third-order valence-electron chi connectivity index (χ3n) is 3.85. The second kappa shape index (κ2) is 8.92. The zero-order valence-corrected chi connectivity index (χ0v) is 16.2. The molecule has 0 radical (unpaired) electrons. The molecule has 0 aliphatic heterocycles. The number of halogens is 1. The maximum Gasteiger partial charge on any atom is 0.258 e. The van der Waals surface area contributed by atoms with Gasteiger partial charge in [-0.2, -0.15) is 4.99 Å². The molecule has 0 aliphatic rings. The Morgan fingerprint density at radius 2 is 1.72 bits per heavy atom. The highest BCUT2D eigenvalue weighted by Crippen LogP contribution is 2.16. The smallest absolute Gasteiger partial charge is 0.258 e. The Bertz CT molecular complexity index is 1030. The number of guanidine groups is 1. The highest BCUT2D eigenvalue weighted by Gasteiger charge is 2.12. The highest BCUT2D eigenvalue weighted by molar-refractivity contribution is 6.10. The molecule has 1 heterocycles. The Morgan fingerprint density at radius 3 is 2.34 bits per heavy atom. The molecule has 0 spiro atoms. The van der Waals surface area contributed by atoms with Gasteiger partial charge in [0, 0.05) is 22.6 Å². The minimum absolute atomic E-state index is 0.106. The summed E-state index contributed by atoms with van der Waals surface area (Å²) in [6.45, 7) is 3.66. The first-order chi connectivity index (χ1) is 13.9. The molecule has 0 aliphatic carbocycles. The molecule has 8 heteroatoms. The number of benzene rings is 2. The van der Waals surface area contributed by atoms with E-state index in [-0.39, 0.29) is 17.5 Å². The number of aryl methyl sites for hydroxylation is 2. The fraction of sp³-hybridized carbons (Fsp3) is 0.143. The van der Waals surface area contributed by atoms with Gasteiger partial charge in [0.25, 0.3) is 11.9 Å². The minimum atomic E-state index is -0.520. The number of amides is 1. The predicted molar refractivity (Wildman–Crippen MR) is 109 cm³/mol. The summed E-state index contributed by atoms with van der Waals surface area (Å²) in [5.41, 5.74) is 2.32. The largest absolute Gasteiger partial charge is 0.497 e. The van der Waals surface area contributed by atoms with Gasteiger partial charge in [0.05, 0.1) is 7.11 Å². The van der Waals surface area contributed by atoms with Gasteiger partial charge in [0.1, 0.15) is 11.6 Å². The molecule has 2 aromatic carbocycles. The molecule has 0 saturated carbocycles. The second-order valence-corrected chi connectivity index (χ2v) is 6.23. The summed E-state index contributed by atoms with van der Waals surface area (Å²) < 4.78 is 18.6. The van der Waals surface area contributed by atoms with E-state index in [2.05, 4.69) is 25.6 Å². The van der Waals surface area contributed by atoms with Crippen molar-refractivity contribution < 1.29 is 13.9 Å². The molecule has 3 rings (SSSR count). The fourth-order valence-electron chi connectivity index (χ4n) is 2.56. The summed E-state index contributed by atoms with van der Waals surface area (Å²) >= 11 is 0. The van der Waals surface area contributed by atoms with Crippen LogP contribution < -0.4 is 15.4 Å². The van der Waals surface area contributed by atoms with E-state index < -0.39 is 11.7 Å². The number of ether oxygens (including phenoxy) is 1. The van der Waals surface area contributed by atoms with Crippen molar-refractivity contribution in [3.05, 3.63) is 77.4 Å². The molecule has 0 fully saturated rings. The van der Waals surface area contributed by atoms with Crippen molar-refractivity contribution in [2.45, 2.75) is 13.8 Å². The van der Waals surface area contributed by atoms with Gasteiger partial charge in [0.2, 0.25) is 5.96 Å². The number of nitrogens with zero attached hydrogens (tertiary/aromatic N) is 3. The molecule has 29 heavy (non-hydrogen) atoms. The van der Waals surface area contributed by atoms with Crippen molar-refractivity contribution in [1.82, 2.24) is 15.3 Å². The number of hydrogen-bond donors (Lipinski definition) is 2. The van der Waals surface area contributed by atoms with Crippen molar-refractivity contribution in [2.75, 3.05) is 12.4 Å². The average molecular weight is 393 g/mol. The van der Waals surface area contributed by atoms with Crippen LogP contribution in [0.15, 0.2) is 59.6 Å². The molecule has 0 atom stereocenters. The normalized spacial score (nSPS) is 11.1. The first-order valence-corrected chi connectivity index (χ1v) is 8.82. The molecule has 1 aromatic heterocycles. The summed E-state index contributed by atoms with van der Waals surface area (Å²) in [6.07, 6.45) is 0. The molecular formula is C21H20FN5O2. The van der Waals surface area contributed by atoms with Crippen LogP contribution in [0, 0.1) is 19.7 Å². The number of nitrogens with one attached hydrogen (secondary N) is 2. The van der Waals surface area contributed by atoms with E-state index in [9.17, 15) is 9.18 Å². The van der Waals surface area contributed by atoms with Crippen LogP contribution in [0.4, 0.5) is 16.0 Å². The molecule has 0 unspecified atom stereocenters. The zero-order chi connectivity index (χ0) is 20.8. The van der Waals surface area contributed by atoms with Crippen molar-refractivity contribution in [2.24, 2.45) is 4.99 Å². The SMILES string of the molecule is COc1ccc(N/C(=N/c2nc(C)cc(C)n2)NC(=O)c2cccc(F)c2)cc1. The van der Waals surface area contributed by atoms with Gasteiger partial charge in [-0.25, -0.2) is 14.4 Å². The lowest BCUT2D eigenvalue weighted by atomic mass is 10.2. The van der Waals surface area contributed by atoms with Crippen LogP contribution in [0.25, 0.3) is 0 Å². The van der Waals surface area contributed by atoms with E-state index in [4.69, 9.17) is 4.74 Å². The van der Waals surface area contributed by atoms with Gasteiger partial charge in [-0.05, 0) is 62.4 Å². The first-order valence-electron chi connectivity index (χ1n) is 8.82. The molecular weight excluding hydrogens is 373 g/mol. The van der Waals surface area contributed by atoms with Crippen LogP contribution in [0.3, 0.4) is 0 Å². The zero-order valence-electron chi connectivity index (χ0n) is 16.2. The topological polar surface area (TPSA) is 88.5 Å². The van der Waals surface area contributed by atoms with Gasteiger partial charge < -0.3 is 10.1 Å². The molecule has 3 aromatic rings. The van der Waals surface area contributed by atoms with E-state index in [1.165, 1.54) is 18.2 Å². The average Bonchev–Trinajstić information content (AvgIpc) is 2.67. The summed E-state index contributed by atoms with van der Waals surface area (Å²) in [4.78, 5) is 25.4. The molecule has 1 amide bonds. The summed E-state index contributed by atoms with van der Waals surface area (Å²) in [6, 6.07) is 14.3. The molecule has 7 nitrogen and oxygen atoms in total. The van der Waals surface area contributed by atoms with E-state index in [1.807, 2.05) is 19.9 Å². The van der Waals surface area contributed by atoms with E-state index in [0.717, 1.165) is 17.5 Å². The monoisotopic (exact) mass is 393 g/mol. The Morgan fingerprint density at radius 1 is 1.03 bits per heavy atom. The van der Waals surface area contributed by atoms with Crippen LogP contribution >= 0.6 is 0 Å². The van der Waals surface area contributed by atoms with Crippen molar-refractivity contribution >= 4 is 23.5 Å². The number of carbonyl (C=O) groups is 1. The fourth-order valence-corrected chi connectivity index (χ4v) is 2.56. The Hall–Kier alpha value is -3.81. The van der Waals surface area contributed by atoms with Gasteiger partial charge in [0.15, 0.2) is 0 Å². The lowest BCUT2D eigenvalue weighted by Gasteiger charge is -2.12. The molecule has 148 valence electrons. The number of anilines is 1. The van der Waals surface area contributed by atoms with Crippen molar-refractivity contribution in [3.63, 3.8) is 0 Å². The van der Waals surface area contributed by atoms with E-state index in [0.29, 0.717) is 11.4 Å². The number of aliphatic imine (C=N–C) groups is 1. The first kappa shape index (κ1) is 19.9. The third-order valence-corrected chi connectivity index (χ3v) is 3.85. The van der Waals surface area contributed by atoms with Crippen LogP contribution in [0.5, 0.6) is 5.75 Å². The molecule has 0 bridgehead atoms. The Kier molecular flexibility index (Phi) is 6.13. The number of rotatable bonds is 4. The van der Waals surface area contributed by atoms with Crippen LogP contribution in [0.1, 0.15) is 21.7 Å². The van der Waals surface area contributed by atoms with Gasteiger partial charge in [-0.15, -0.1) is 0 Å². The highest BCUT2D eigenvalue weighted by atomic mass is 19.1. The number of hydrogen-bond acceptors (Lipinski definition) is 5. The molecule has 2 N–H and O–H groups in total. The lowest BCUT2D eigenvalue weighted by molar-refractivity contribution is 0.0976. The maximum absolute atomic E-state index is 13.5. The van der Waals surface area contributed by atoms with E-state index in [1.54, 1.807) is 31.4 Å². The Labute approximate surface area is 167 Å². The van der Waals surface area contributed by atoms with Gasteiger partial charge >= 0.3 is 0 Å². The van der Waals surface area contributed by atoms with Crippen LogP contribution in [-0.4, -0.2) is 28.9 Å². The summed E-state index contributed by atoms with van der Waals surface area (Å²) in [7, 11) is 1.58. The predicted octanol–water partition coefficient (Wildman–Crippen LogP) is 3.77. The second-order valence-electron chi connectivity index (χ2n) is 6.23. The lowest BCUT2D eigenvalue weighted by Crippen LogP contribution is -2.36.